The fraction of sp³-hybridized carbons (Fsp3) is 0.240. The molecule has 0 spiro atoms. The van der Waals surface area contributed by atoms with E-state index < -0.39 is 5.91 Å². The van der Waals surface area contributed by atoms with E-state index in [-0.39, 0.29) is 0 Å². The van der Waals surface area contributed by atoms with Crippen molar-refractivity contribution in [2.24, 2.45) is 5.73 Å². The summed E-state index contributed by atoms with van der Waals surface area (Å²) in [5.74, 6) is 0.504. The summed E-state index contributed by atoms with van der Waals surface area (Å²) in [5, 5.41) is 4.56. The third-order valence-corrected chi connectivity index (χ3v) is 5.18. The summed E-state index contributed by atoms with van der Waals surface area (Å²) in [6, 6.07) is 9.85. The number of rotatable bonds is 9. The van der Waals surface area contributed by atoms with Crippen LogP contribution in [0, 0.1) is 0 Å². The molecule has 2 aromatic heterocycles. The van der Waals surface area contributed by atoms with Gasteiger partial charge < -0.3 is 25.4 Å². The molecule has 1 aromatic carbocycles. The Balaban J connectivity index is 1.90. The van der Waals surface area contributed by atoms with E-state index in [4.69, 9.17) is 5.73 Å². The van der Waals surface area contributed by atoms with Gasteiger partial charge in [0.05, 0.1) is 5.56 Å². The zero-order valence-electron chi connectivity index (χ0n) is 19.6. The number of carbonyl (C=O) groups is 1. The minimum atomic E-state index is -0.517. The van der Waals surface area contributed by atoms with E-state index in [1.807, 2.05) is 37.3 Å². The molecule has 8 nitrogen and oxygen atoms in total. The fourth-order valence-electron chi connectivity index (χ4n) is 3.31. The zero-order valence-corrected chi connectivity index (χ0v) is 19.6. The maximum absolute atomic E-state index is 11.9. The molecule has 0 unspecified atom stereocenters. The molecule has 0 saturated carbocycles. The minimum Gasteiger partial charge on any atom is -0.373 e. The Morgan fingerprint density at radius 3 is 2.73 bits per heavy atom. The molecule has 0 bridgehead atoms. The van der Waals surface area contributed by atoms with Gasteiger partial charge in [-0.1, -0.05) is 30.9 Å². The lowest BCUT2D eigenvalue weighted by molar-refractivity contribution is 0.0999. The Morgan fingerprint density at radius 1 is 1.24 bits per heavy atom. The molecule has 1 amide bonds. The highest BCUT2D eigenvalue weighted by atomic mass is 16.1. The normalized spacial score (nSPS) is 12.0. The second-order valence-corrected chi connectivity index (χ2v) is 7.97. The average Bonchev–Trinajstić information content (AvgIpc) is 3.12. The molecule has 172 valence electrons. The van der Waals surface area contributed by atoms with Gasteiger partial charge in [-0.2, -0.15) is 4.98 Å². The minimum absolute atomic E-state index is 0.389. The van der Waals surface area contributed by atoms with Crippen molar-refractivity contribution in [3.05, 3.63) is 71.0 Å². The van der Waals surface area contributed by atoms with E-state index in [2.05, 4.69) is 64.9 Å². The molecule has 0 aliphatic carbocycles. The molecular formula is C25H31N7O. The Labute approximate surface area is 194 Å². The lowest BCUT2D eigenvalue weighted by Crippen LogP contribution is -2.31. The van der Waals surface area contributed by atoms with Crippen LogP contribution in [0.15, 0.2) is 54.9 Å². The number of benzene rings is 1. The van der Waals surface area contributed by atoms with E-state index in [0.29, 0.717) is 27.9 Å². The lowest BCUT2D eigenvalue weighted by Gasteiger charge is -2.22. The standard InChI is InChI=1S/C25H31N7O/c1-6-7-11-21-18(2)32(17-22(21)24(26)33)23-12-13-27-25(29-23)28-19-9-8-10-20(16-19)31(5)15-14-30(3)4/h6-13,16-17H,2,14-15H2,1,3-5H3,(H2,26,33)(H,27,28,29)/b7-6-,21-11+. The van der Waals surface area contributed by atoms with Gasteiger partial charge >= 0.3 is 0 Å². The van der Waals surface area contributed by atoms with Crippen molar-refractivity contribution in [1.29, 1.82) is 0 Å². The Bertz CT molecular complexity index is 1260. The van der Waals surface area contributed by atoms with Crippen LogP contribution in [0.5, 0.6) is 0 Å². The quantitative estimate of drug-likeness (QED) is 0.523. The Morgan fingerprint density at radius 2 is 2.03 bits per heavy atom. The molecule has 0 atom stereocenters. The highest BCUT2D eigenvalue weighted by Crippen LogP contribution is 2.20. The van der Waals surface area contributed by atoms with Crippen LogP contribution in [0.2, 0.25) is 0 Å². The first kappa shape index (κ1) is 23.7. The van der Waals surface area contributed by atoms with Crippen LogP contribution < -0.4 is 26.5 Å². The molecule has 0 fully saturated rings. The van der Waals surface area contributed by atoms with E-state index in [1.165, 1.54) is 0 Å². The maximum atomic E-state index is 11.9. The van der Waals surface area contributed by atoms with Gasteiger partial charge in [0.1, 0.15) is 5.82 Å². The predicted molar refractivity (Wildman–Crippen MR) is 135 cm³/mol. The van der Waals surface area contributed by atoms with Crippen LogP contribution in [0.4, 0.5) is 17.3 Å². The van der Waals surface area contributed by atoms with Gasteiger partial charge in [0.25, 0.3) is 5.91 Å². The second kappa shape index (κ2) is 10.6. The molecule has 2 heterocycles. The maximum Gasteiger partial charge on any atom is 0.250 e. The highest BCUT2D eigenvalue weighted by molar-refractivity contribution is 5.93. The van der Waals surface area contributed by atoms with Gasteiger partial charge in [-0.3, -0.25) is 4.79 Å². The topological polar surface area (TPSA) is 92.3 Å². The molecular weight excluding hydrogens is 414 g/mol. The van der Waals surface area contributed by atoms with Crippen LogP contribution >= 0.6 is 0 Å². The van der Waals surface area contributed by atoms with Crippen molar-refractivity contribution in [3.8, 4) is 5.82 Å². The first-order valence-corrected chi connectivity index (χ1v) is 10.7. The van der Waals surface area contributed by atoms with Crippen LogP contribution in [0.25, 0.3) is 18.5 Å². The molecule has 33 heavy (non-hydrogen) atoms. The highest BCUT2D eigenvalue weighted by Gasteiger charge is 2.11. The number of anilines is 3. The van der Waals surface area contributed by atoms with E-state index in [1.54, 1.807) is 23.0 Å². The smallest absolute Gasteiger partial charge is 0.250 e. The van der Waals surface area contributed by atoms with Crippen LogP contribution in [0.1, 0.15) is 17.3 Å². The van der Waals surface area contributed by atoms with Gasteiger partial charge in [-0.15, -0.1) is 0 Å². The number of allylic oxidation sites excluding steroid dienone is 2. The summed E-state index contributed by atoms with van der Waals surface area (Å²) in [6.07, 6.45) is 8.86. The van der Waals surface area contributed by atoms with Crippen molar-refractivity contribution < 1.29 is 4.79 Å². The first-order chi connectivity index (χ1) is 15.8. The number of likely N-dealkylation sites (N-methyl/N-ethyl adjacent to an activating group) is 2. The van der Waals surface area contributed by atoms with Crippen molar-refractivity contribution >= 4 is 35.9 Å². The number of primary amides is 1. The number of hydrogen-bond acceptors (Lipinski definition) is 6. The number of carbonyl (C=O) groups excluding carboxylic acids is 1. The van der Waals surface area contributed by atoms with Gasteiger partial charge in [-0.05, 0) is 45.3 Å². The van der Waals surface area contributed by atoms with Gasteiger partial charge in [0, 0.05) is 54.5 Å². The number of hydrogen-bond donors (Lipinski definition) is 2. The summed E-state index contributed by atoms with van der Waals surface area (Å²) >= 11 is 0. The summed E-state index contributed by atoms with van der Waals surface area (Å²) in [6.45, 7) is 7.90. The Hall–Kier alpha value is -3.91. The summed E-state index contributed by atoms with van der Waals surface area (Å²) in [4.78, 5) is 25.3. The van der Waals surface area contributed by atoms with Crippen LogP contribution in [-0.2, 0) is 0 Å². The summed E-state index contributed by atoms with van der Waals surface area (Å²) < 4.78 is 1.74. The molecule has 8 heteroatoms. The van der Waals surface area contributed by atoms with Gasteiger partial charge in [0.2, 0.25) is 5.95 Å². The monoisotopic (exact) mass is 445 g/mol. The SMILES string of the molecule is C=c1/c(=C\C=C/C)c(C(N)=O)cn1-c1ccnc(Nc2cccc(N(C)CCN(C)C)c2)n1. The number of amides is 1. The Kier molecular flexibility index (Phi) is 7.63. The van der Waals surface area contributed by atoms with Gasteiger partial charge in [0.15, 0.2) is 0 Å². The van der Waals surface area contributed by atoms with E-state index >= 15 is 0 Å². The van der Waals surface area contributed by atoms with Crippen molar-refractivity contribution in [2.45, 2.75) is 6.92 Å². The van der Waals surface area contributed by atoms with Crippen molar-refractivity contribution in [1.82, 2.24) is 19.4 Å². The molecule has 0 saturated heterocycles. The number of aromatic nitrogens is 3. The lowest BCUT2D eigenvalue weighted by atomic mass is 10.2. The van der Waals surface area contributed by atoms with Crippen molar-refractivity contribution in [2.75, 3.05) is 44.4 Å². The first-order valence-electron chi connectivity index (χ1n) is 10.7. The molecule has 3 rings (SSSR count). The molecule has 3 aromatic rings. The predicted octanol–water partition coefficient (Wildman–Crippen LogP) is 1.87. The molecule has 0 aliphatic heterocycles. The van der Waals surface area contributed by atoms with Crippen molar-refractivity contribution in [3.63, 3.8) is 0 Å². The molecule has 0 aliphatic rings. The number of nitrogens with two attached hydrogens (primary N) is 1. The van der Waals surface area contributed by atoms with E-state index in [9.17, 15) is 4.79 Å². The summed E-state index contributed by atoms with van der Waals surface area (Å²) in [7, 11) is 6.19. The largest absolute Gasteiger partial charge is 0.373 e. The third kappa shape index (κ3) is 5.87. The van der Waals surface area contributed by atoms with Crippen LogP contribution in [-0.4, -0.2) is 59.6 Å². The van der Waals surface area contributed by atoms with Crippen LogP contribution in [0.3, 0.4) is 0 Å². The second-order valence-electron chi connectivity index (χ2n) is 7.97. The zero-order chi connectivity index (χ0) is 24.0. The van der Waals surface area contributed by atoms with E-state index in [0.717, 1.165) is 24.5 Å². The third-order valence-electron chi connectivity index (χ3n) is 5.18. The summed E-state index contributed by atoms with van der Waals surface area (Å²) in [5.41, 5.74) is 7.94. The van der Waals surface area contributed by atoms with Gasteiger partial charge in [-0.25, -0.2) is 4.98 Å². The number of nitrogens with zero attached hydrogens (tertiary/aromatic N) is 5. The number of nitrogens with one attached hydrogen (secondary N) is 1. The average molecular weight is 446 g/mol. The molecule has 3 N–H and O–H groups in total. The molecule has 0 radical (unpaired) electrons. The fourth-order valence-corrected chi connectivity index (χ4v) is 3.31.